The van der Waals surface area contributed by atoms with E-state index in [9.17, 15) is 14.4 Å². The first kappa shape index (κ1) is 22.1. The smallest absolute Gasteiger partial charge is 0.225 e. The van der Waals surface area contributed by atoms with Gasteiger partial charge in [-0.3, -0.25) is 14.4 Å². The number of nitrogens with one attached hydrogen (secondary N) is 1. The number of hydrogen-bond donors (Lipinski definition) is 2. The van der Waals surface area contributed by atoms with Crippen LogP contribution in [0.4, 0.5) is 0 Å². The Morgan fingerprint density at radius 2 is 1.26 bits per heavy atom. The summed E-state index contributed by atoms with van der Waals surface area (Å²) in [4.78, 5) is 37.2. The zero-order valence-corrected chi connectivity index (χ0v) is 17.2. The number of aliphatic hydroxyl groups is 1. The minimum Gasteiger partial charge on any atom is -0.388 e. The summed E-state index contributed by atoms with van der Waals surface area (Å²) in [7, 11) is 0. The predicted molar refractivity (Wildman–Crippen MR) is 119 cm³/mol. The van der Waals surface area contributed by atoms with Crippen LogP contribution >= 0.6 is 0 Å². The van der Waals surface area contributed by atoms with Crippen LogP contribution < -0.4 is 5.32 Å². The molecule has 158 valence electrons. The Morgan fingerprint density at radius 1 is 0.710 bits per heavy atom. The third-order valence-electron chi connectivity index (χ3n) is 5.01. The van der Waals surface area contributed by atoms with Crippen molar-refractivity contribution < 1.29 is 19.5 Å². The van der Waals surface area contributed by atoms with Crippen LogP contribution in [-0.2, 0) is 28.9 Å². The lowest BCUT2D eigenvalue weighted by molar-refractivity contribution is -0.127. The number of aliphatic hydroxyl groups excluding tert-OH is 1. The number of amides is 1. The maximum Gasteiger partial charge on any atom is 0.225 e. The van der Waals surface area contributed by atoms with E-state index < -0.39 is 12.6 Å². The van der Waals surface area contributed by atoms with Gasteiger partial charge in [0.15, 0.2) is 11.6 Å². The lowest BCUT2D eigenvalue weighted by Crippen LogP contribution is -2.43. The highest BCUT2D eigenvalue weighted by atomic mass is 16.3. The highest BCUT2D eigenvalue weighted by Crippen LogP contribution is 2.11. The summed E-state index contributed by atoms with van der Waals surface area (Å²) in [6.45, 7) is -0.551. The van der Waals surface area contributed by atoms with Crippen molar-refractivity contribution in [2.24, 2.45) is 0 Å². The second-order valence-corrected chi connectivity index (χ2v) is 7.39. The van der Waals surface area contributed by atoms with Gasteiger partial charge in [0.1, 0.15) is 6.61 Å². The van der Waals surface area contributed by atoms with Crippen molar-refractivity contribution in [2.45, 2.75) is 25.3 Å². The molecule has 3 aromatic carbocycles. The van der Waals surface area contributed by atoms with Crippen molar-refractivity contribution in [3.8, 4) is 0 Å². The zero-order chi connectivity index (χ0) is 22.1. The Kier molecular flexibility index (Phi) is 7.85. The quantitative estimate of drug-likeness (QED) is 0.499. The zero-order valence-electron chi connectivity index (χ0n) is 17.2. The van der Waals surface area contributed by atoms with Crippen LogP contribution in [0.15, 0.2) is 84.9 Å². The van der Waals surface area contributed by atoms with Crippen LogP contribution in [0.5, 0.6) is 0 Å². The molecule has 0 aromatic heterocycles. The third kappa shape index (κ3) is 6.73. The maximum atomic E-state index is 13.1. The van der Waals surface area contributed by atoms with Crippen molar-refractivity contribution in [3.63, 3.8) is 0 Å². The number of benzene rings is 3. The van der Waals surface area contributed by atoms with Gasteiger partial charge in [-0.25, -0.2) is 0 Å². The molecule has 0 radical (unpaired) electrons. The highest BCUT2D eigenvalue weighted by Gasteiger charge is 2.21. The molecular formula is C26H25NO4. The summed E-state index contributed by atoms with van der Waals surface area (Å²) < 4.78 is 0. The standard InChI is InChI=1S/C26H25NO4/c28-18-25(30)22-13-11-21(12-14-22)16-24(29)23(15-19-7-3-1-4-8-19)27-26(31)17-20-9-5-2-6-10-20/h1-14,23,28H,15-18H2,(H,27,31)/t23-/m0/s1. The van der Waals surface area contributed by atoms with E-state index in [0.29, 0.717) is 12.0 Å². The molecule has 5 heteroatoms. The third-order valence-corrected chi connectivity index (χ3v) is 5.01. The van der Waals surface area contributed by atoms with Gasteiger partial charge < -0.3 is 10.4 Å². The van der Waals surface area contributed by atoms with E-state index in [4.69, 9.17) is 5.11 Å². The molecule has 1 amide bonds. The minimum absolute atomic E-state index is 0.105. The summed E-state index contributed by atoms with van der Waals surface area (Å²) in [6, 6.07) is 24.9. The van der Waals surface area contributed by atoms with Crippen molar-refractivity contribution in [3.05, 3.63) is 107 Å². The van der Waals surface area contributed by atoms with Crippen molar-refractivity contribution in [1.29, 1.82) is 0 Å². The number of hydrogen-bond acceptors (Lipinski definition) is 4. The molecule has 5 nitrogen and oxygen atoms in total. The molecule has 0 saturated heterocycles. The molecule has 31 heavy (non-hydrogen) atoms. The van der Waals surface area contributed by atoms with Gasteiger partial charge in [-0.15, -0.1) is 0 Å². The van der Waals surface area contributed by atoms with E-state index in [1.807, 2.05) is 60.7 Å². The summed E-state index contributed by atoms with van der Waals surface area (Å²) in [6.07, 6.45) is 0.745. The Morgan fingerprint density at radius 3 is 1.84 bits per heavy atom. The molecule has 2 N–H and O–H groups in total. The first-order valence-electron chi connectivity index (χ1n) is 10.2. The molecule has 3 aromatic rings. The first-order valence-corrected chi connectivity index (χ1v) is 10.2. The number of Topliss-reactive ketones (excluding diaryl/α,β-unsaturated/α-hetero) is 2. The van der Waals surface area contributed by atoms with E-state index in [1.165, 1.54) is 0 Å². The molecule has 3 rings (SSSR count). The van der Waals surface area contributed by atoms with Crippen LogP contribution in [0.3, 0.4) is 0 Å². The molecule has 1 atom stereocenters. The van der Waals surface area contributed by atoms with Crippen LogP contribution in [0.2, 0.25) is 0 Å². The molecular weight excluding hydrogens is 390 g/mol. The van der Waals surface area contributed by atoms with Gasteiger partial charge in [-0.05, 0) is 23.1 Å². The van der Waals surface area contributed by atoms with E-state index in [2.05, 4.69) is 5.32 Å². The SMILES string of the molecule is O=C(Cc1ccccc1)N[C@@H](Cc1ccccc1)C(=O)Cc1ccc(C(=O)CO)cc1. The fourth-order valence-electron chi connectivity index (χ4n) is 3.35. The van der Waals surface area contributed by atoms with E-state index in [1.54, 1.807) is 24.3 Å². The Hall–Kier alpha value is -3.57. The largest absolute Gasteiger partial charge is 0.388 e. The normalized spacial score (nSPS) is 11.5. The lowest BCUT2D eigenvalue weighted by Gasteiger charge is -2.18. The van der Waals surface area contributed by atoms with Crippen LogP contribution in [-0.4, -0.2) is 35.2 Å². The highest BCUT2D eigenvalue weighted by molar-refractivity contribution is 5.97. The number of carbonyl (C=O) groups is 3. The average Bonchev–Trinajstić information content (AvgIpc) is 2.80. The summed E-state index contributed by atoms with van der Waals surface area (Å²) in [5.74, 6) is -0.677. The number of rotatable bonds is 10. The molecule has 0 bridgehead atoms. The predicted octanol–water partition coefficient (Wildman–Crippen LogP) is 2.94. The fourth-order valence-corrected chi connectivity index (χ4v) is 3.35. The van der Waals surface area contributed by atoms with E-state index in [0.717, 1.165) is 16.7 Å². The monoisotopic (exact) mass is 415 g/mol. The summed E-state index contributed by atoms with van der Waals surface area (Å²) >= 11 is 0. The Labute approximate surface area is 181 Å². The van der Waals surface area contributed by atoms with Crippen molar-refractivity contribution in [1.82, 2.24) is 5.32 Å². The molecule has 0 aliphatic carbocycles. The van der Waals surface area contributed by atoms with Gasteiger partial charge in [0.25, 0.3) is 0 Å². The van der Waals surface area contributed by atoms with Crippen LogP contribution in [0.1, 0.15) is 27.0 Å². The second kappa shape index (κ2) is 11.0. The van der Waals surface area contributed by atoms with Gasteiger partial charge in [0.2, 0.25) is 5.91 Å². The first-order chi connectivity index (χ1) is 15.0. The van der Waals surface area contributed by atoms with Gasteiger partial charge in [0.05, 0.1) is 12.5 Å². The number of carbonyl (C=O) groups excluding carboxylic acids is 3. The van der Waals surface area contributed by atoms with E-state index >= 15 is 0 Å². The van der Waals surface area contributed by atoms with Gasteiger partial charge in [0, 0.05) is 12.0 Å². The molecule has 0 aliphatic heterocycles. The Balaban J connectivity index is 1.71. The summed E-state index contributed by atoms with van der Waals surface area (Å²) in [5.41, 5.74) is 2.99. The molecule has 0 aliphatic rings. The fraction of sp³-hybridized carbons (Fsp3) is 0.192. The Bertz CT molecular complexity index is 1010. The minimum atomic E-state index is -0.655. The van der Waals surface area contributed by atoms with Crippen molar-refractivity contribution >= 4 is 17.5 Å². The molecule has 0 unspecified atom stereocenters. The van der Waals surface area contributed by atoms with Crippen LogP contribution in [0.25, 0.3) is 0 Å². The molecule has 0 fully saturated rings. The number of ketones is 2. The van der Waals surface area contributed by atoms with Gasteiger partial charge in [-0.2, -0.15) is 0 Å². The van der Waals surface area contributed by atoms with Crippen molar-refractivity contribution in [2.75, 3.05) is 6.61 Å². The lowest BCUT2D eigenvalue weighted by atomic mass is 9.96. The van der Waals surface area contributed by atoms with Gasteiger partial charge in [-0.1, -0.05) is 84.9 Å². The molecule has 0 heterocycles. The average molecular weight is 415 g/mol. The molecule has 0 spiro atoms. The van der Waals surface area contributed by atoms with E-state index in [-0.39, 0.29) is 30.3 Å². The maximum absolute atomic E-state index is 13.1. The second-order valence-electron chi connectivity index (χ2n) is 7.39. The van der Waals surface area contributed by atoms with Crippen LogP contribution in [0, 0.1) is 0 Å². The molecule has 0 saturated carbocycles. The van der Waals surface area contributed by atoms with Gasteiger partial charge >= 0.3 is 0 Å². The topological polar surface area (TPSA) is 83.5 Å². The summed E-state index contributed by atoms with van der Waals surface area (Å²) in [5, 5.41) is 11.9.